The number of aliphatic hydroxyl groups excluding tert-OH is 1. The van der Waals surface area contributed by atoms with Crippen molar-refractivity contribution >= 4 is 0 Å². The Morgan fingerprint density at radius 2 is 2.00 bits per heavy atom. The second-order valence-corrected chi connectivity index (χ2v) is 3.97. The van der Waals surface area contributed by atoms with Crippen molar-refractivity contribution in [2.75, 3.05) is 26.2 Å². The SMILES string of the molecule is CCCC1(F)CCN(CCO)CC1. The fraction of sp³-hybridized carbons (Fsp3) is 1.00. The van der Waals surface area contributed by atoms with Crippen LogP contribution in [0.4, 0.5) is 4.39 Å². The molecule has 0 bridgehead atoms. The molecular formula is C10H20FNO. The van der Waals surface area contributed by atoms with Crippen LogP contribution in [-0.4, -0.2) is 41.9 Å². The Morgan fingerprint density at radius 3 is 2.46 bits per heavy atom. The van der Waals surface area contributed by atoms with Gasteiger partial charge in [0.25, 0.3) is 0 Å². The van der Waals surface area contributed by atoms with Crippen LogP contribution < -0.4 is 0 Å². The molecule has 0 spiro atoms. The summed E-state index contributed by atoms with van der Waals surface area (Å²) in [6.45, 7) is 4.52. The van der Waals surface area contributed by atoms with Crippen LogP contribution in [-0.2, 0) is 0 Å². The van der Waals surface area contributed by atoms with Crippen LogP contribution >= 0.6 is 0 Å². The van der Waals surface area contributed by atoms with Gasteiger partial charge in [0.2, 0.25) is 0 Å². The highest BCUT2D eigenvalue weighted by molar-refractivity contribution is 4.85. The Bertz CT molecular complexity index is 144. The molecule has 0 atom stereocenters. The van der Waals surface area contributed by atoms with Gasteiger partial charge in [0.1, 0.15) is 5.67 Å². The zero-order valence-electron chi connectivity index (χ0n) is 8.43. The van der Waals surface area contributed by atoms with E-state index >= 15 is 0 Å². The first-order valence-corrected chi connectivity index (χ1v) is 5.22. The smallest absolute Gasteiger partial charge is 0.113 e. The Morgan fingerprint density at radius 1 is 1.38 bits per heavy atom. The number of rotatable bonds is 4. The predicted octanol–water partition coefficient (Wildman–Crippen LogP) is 1.58. The van der Waals surface area contributed by atoms with Crippen molar-refractivity contribution in [3.63, 3.8) is 0 Å². The number of aliphatic hydroxyl groups is 1. The van der Waals surface area contributed by atoms with Crippen LogP contribution in [0.1, 0.15) is 32.6 Å². The molecule has 1 fully saturated rings. The maximum Gasteiger partial charge on any atom is 0.113 e. The first kappa shape index (κ1) is 10.9. The van der Waals surface area contributed by atoms with Gasteiger partial charge in [-0.15, -0.1) is 0 Å². The van der Waals surface area contributed by atoms with Crippen LogP contribution in [0.5, 0.6) is 0 Å². The van der Waals surface area contributed by atoms with E-state index in [1.165, 1.54) is 0 Å². The van der Waals surface area contributed by atoms with E-state index in [1.54, 1.807) is 0 Å². The van der Waals surface area contributed by atoms with Gasteiger partial charge < -0.3 is 10.0 Å². The molecule has 0 aromatic carbocycles. The molecule has 1 aliphatic rings. The number of halogens is 1. The summed E-state index contributed by atoms with van der Waals surface area (Å²) < 4.78 is 13.9. The second-order valence-electron chi connectivity index (χ2n) is 3.97. The maximum atomic E-state index is 13.9. The molecule has 0 saturated carbocycles. The fourth-order valence-corrected chi connectivity index (χ4v) is 2.02. The zero-order valence-corrected chi connectivity index (χ0v) is 8.43. The van der Waals surface area contributed by atoms with E-state index in [9.17, 15) is 4.39 Å². The number of hydrogen-bond acceptors (Lipinski definition) is 2. The third-order valence-electron chi connectivity index (χ3n) is 2.87. The number of nitrogens with zero attached hydrogens (tertiary/aromatic N) is 1. The summed E-state index contributed by atoms with van der Waals surface area (Å²) in [5.74, 6) is 0. The first-order chi connectivity index (χ1) is 6.20. The van der Waals surface area contributed by atoms with Crippen molar-refractivity contribution in [1.29, 1.82) is 0 Å². The molecule has 0 aliphatic carbocycles. The van der Waals surface area contributed by atoms with Crippen LogP contribution in [0.2, 0.25) is 0 Å². The summed E-state index contributed by atoms with van der Waals surface area (Å²) in [7, 11) is 0. The van der Waals surface area contributed by atoms with Crippen molar-refractivity contribution in [1.82, 2.24) is 4.90 Å². The number of alkyl halides is 1. The number of β-amino-alcohol motifs (C(OH)–C–C–N with tert-alkyl or cyclic N) is 1. The summed E-state index contributed by atoms with van der Waals surface area (Å²) >= 11 is 0. The summed E-state index contributed by atoms with van der Waals surface area (Å²) in [6, 6.07) is 0. The molecular weight excluding hydrogens is 169 g/mol. The molecule has 0 aromatic rings. The molecule has 2 nitrogen and oxygen atoms in total. The summed E-state index contributed by atoms with van der Waals surface area (Å²) in [4.78, 5) is 2.13. The quantitative estimate of drug-likeness (QED) is 0.726. The van der Waals surface area contributed by atoms with Crippen LogP contribution in [0.15, 0.2) is 0 Å². The van der Waals surface area contributed by atoms with Gasteiger partial charge in [-0.25, -0.2) is 4.39 Å². The zero-order chi connectivity index (χ0) is 9.73. The normalized spacial score (nSPS) is 23.3. The van der Waals surface area contributed by atoms with Crippen molar-refractivity contribution in [2.45, 2.75) is 38.3 Å². The number of piperidine rings is 1. The summed E-state index contributed by atoms with van der Waals surface area (Å²) in [5.41, 5.74) is -0.916. The molecule has 78 valence electrons. The average molecular weight is 189 g/mol. The lowest BCUT2D eigenvalue weighted by atomic mass is 9.89. The van der Waals surface area contributed by atoms with E-state index in [4.69, 9.17) is 5.11 Å². The van der Waals surface area contributed by atoms with Gasteiger partial charge in [0, 0.05) is 19.6 Å². The Kier molecular flexibility index (Phi) is 4.13. The van der Waals surface area contributed by atoms with Crippen LogP contribution in [0, 0.1) is 0 Å². The molecule has 0 aromatic heterocycles. The first-order valence-electron chi connectivity index (χ1n) is 5.22. The van der Waals surface area contributed by atoms with Crippen molar-refractivity contribution in [2.24, 2.45) is 0 Å². The minimum atomic E-state index is -0.916. The van der Waals surface area contributed by atoms with E-state index in [0.717, 1.165) is 19.5 Å². The third kappa shape index (κ3) is 3.24. The molecule has 1 aliphatic heterocycles. The summed E-state index contributed by atoms with van der Waals surface area (Å²) in [5, 5.41) is 8.72. The van der Waals surface area contributed by atoms with Gasteiger partial charge in [-0.3, -0.25) is 0 Å². The van der Waals surface area contributed by atoms with Crippen molar-refractivity contribution in [3.05, 3.63) is 0 Å². The highest BCUT2D eigenvalue weighted by atomic mass is 19.1. The highest BCUT2D eigenvalue weighted by Crippen LogP contribution is 2.30. The average Bonchev–Trinajstić information content (AvgIpc) is 2.10. The molecule has 0 amide bonds. The summed E-state index contributed by atoms with van der Waals surface area (Å²) in [6.07, 6.45) is 2.90. The topological polar surface area (TPSA) is 23.5 Å². The lowest BCUT2D eigenvalue weighted by molar-refractivity contribution is 0.0435. The highest BCUT2D eigenvalue weighted by Gasteiger charge is 2.32. The fourth-order valence-electron chi connectivity index (χ4n) is 2.02. The van der Waals surface area contributed by atoms with Crippen LogP contribution in [0.25, 0.3) is 0 Å². The molecule has 1 heterocycles. The van der Waals surface area contributed by atoms with E-state index in [0.29, 0.717) is 25.8 Å². The van der Waals surface area contributed by atoms with Gasteiger partial charge >= 0.3 is 0 Å². The standard InChI is InChI=1S/C10H20FNO/c1-2-3-10(11)4-6-12(7-5-10)8-9-13/h13H,2-9H2,1H3. The van der Waals surface area contributed by atoms with Crippen LogP contribution in [0.3, 0.4) is 0 Å². The van der Waals surface area contributed by atoms with Gasteiger partial charge in [-0.2, -0.15) is 0 Å². The lowest BCUT2D eigenvalue weighted by Gasteiger charge is -2.36. The largest absolute Gasteiger partial charge is 0.395 e. The minimum absolute atomic E-state index is 0.188. The molecule has 3 heteroatoms. The molecule has 0 unspecified atom stereocenters. The third-order valence-corrected chi connectivity index (χ3v) is 2.87. The molecule has 13 heavy (non-hydrogen) atoms. The Balaban J connectivity index is 2.28. The van der Waals surface area contributed by atoms with Gasteiger partial charge in [-0.1, -0.05) is 13.3 Å². The van der Waals surface area contributed by atoms with Gasteiger partial charge in [0.05, 0.1) is 6.61 Å². The van der Waals surface area contributed by atoms with E-state index in [1.807, 2.05) is 6.92 Å². The van der Waals surface area contributed by atoms with E-state index in [-0.39, 0.29) is 6.61 Å². The number of likely N-dealkylation sites (tertiary alicyclic amines) is 1. The molecule has 1 N–H and O–H groups in total. The molecule has 1 saturated heterocycles. The Hall–Kier alpha value is -0.150. The maximum absolute atomic E-state index is 13.9. The van der Waals surface area contributed by atoms with E-state index < -0.39 is 5.67 Å². The van der Waals surface area contributed by atoms with Crippen molar-refractivity contribution < 1.29 is 9.50 Å². The lowest BCUT2D eigenvalue weighted by Crippen LogP contribution is -2.42. The molecule has 0 radical (unpaired) electrons. The van der Waals surface area contributed by atoms with Gasteiger partial charge in [0.15, 0.2) is 0 Å². The van der Waals surface area contributed by atoms with Gasteiger partial charge in [-0.05, 0) is 19.3 Å². The number of hydrogen-bond donors (Lipinski definition) is 1. The monoisotopic (exact) mass is 189 g/mol. The molecule has 1 rings (SSSR count). The second kappa shape index (κ2) is 4.91. The predicted molar refractivity (Wildman–Crippen MR) is 51.5 cm³/mol. The minimum Gasteiger partial charge on any atom is -0.395 e. The van der Waals surface area contributed by atoms with Crippen molar-refractivity contribution in [3.8, 4) is 0 Å². The van der Waals surface area contributed by atoms with E-state index in [2.05, 4.69) is 4.90 Å². The Labute approximate surface area is 79.7 Å².